The maximum atomic E-state index is 9.41. The lowest BCUT2D eigenvalue weighted by molar-refractivity contribution is 0.391. The van der Waals surface area contributed by atoms with Crippen molar-refractivity contribution in [2.45, 2.75) is 47.3 Å². The van der Waals surface area contributed by atoms with Crippen molar-refractivity contribution in [1.82, 2.24) is 4.90 Å². The van der Waals surface area contributed by atoms with Crippen LogP contribution in [0.5, 0.6) is 0 Å². The van der Waals surface area contributed by atoms with Crippen molar-refractivity contribution in [3.8, 4) is 6.07 Å². The number of allylic oxidation sites excluding steroid dienone is 2. The van der Waals surface area contributed by atoms with Crippen LogP contribution in [0.15, 0.2) is 10.9 Å². The molecule has 0 aliphatic heterocycles. The van der Waals surface area contributed by atoms with Gasteiger partial charge in [0.15, 0.2) is 0 Å². The third kappa shape index (κ3) is 3.68. The van der Waals surface area contributed by atoms with Crippen molar-refractivity contribution >= 4 is 8.07 Å². The molecule has 2 nitrogen and oxygen atoms in total. The molecule has 16 heavy (non-hydrogen) atoms. The molecule has 0 fully saturated rings. The quantitative estimate of drug-likeness (QED) is 0.540. The summed E-state index contributed by atoms with van der Waals surface area (Å²) in [5, 5.41) is 10.8. The van der Waals surface area contributed by atoms with Crippen LogP contribution >= 0.6 is 0 Å². The van der Waals surface area contributed by atoms with Gasteiger partial charge in [-0.15, -0.1) is 0 Å². The molecule has 0 atom stereocenters. The molecule has 0 bridgehead atoms. The van der Waals surface area contributed by atoms with Gasteiger partial charge in [0.05, 0.1) is 8.07 Å². The molecule has 0 radical (unpaired) electrons. The number of nitrogens with zero attached hydrogens (tertiary/aromatic N) is 2. The Morgan fingerprint density at radius 1 is 1.19 bits per heavy atom. The number of hydrogen-bond acceptors (Lipinski definition) is 2. The zero-order valence-corrected chi connectivity index (χ0v) is 12.9. The Kier molecular flexibility index (Phi) is 5.81. The molecule has 0 saturated heterocycles. The molecule has 0 spiro atoms. The Morgan fingerprint density at radius 3 is 1.81 bits per heavy atom. The second-order valence-corrected chi connectivity index (χ2v) is 10.5. The van der Waals surface area contributed by atoms with E-state index in [1.807, 2.05) is 0 Å². The SMILES string of the molecule is CCN(CC)/C(C#N)=C(\C(C)C)[Si](C)(C)C. The van der Waals surface area contributed by atoms with Crippen molar-refractivity contribution < 1.29 is 0 Å². The summed E-state index contributed by atoms with van der Waals surface area (Å²) in [6, 6.07) is 2.43. The first-order valence-corrected chi connectivity index (χ1v) is 9.69. The van der Waals surface area contributed by atoms with Crippen LogP contribution in [0, 0.1) is 17.2 Å². The summed E-state index contributed by atoms with van der Waals surface area (Å²) in [4.78, 5) is 2.19. The van der Waals surface area contributed by atoms with Gasteiger partial charge in [-0.2, -0.15) is 5.26 Å². The largest absolute Gasteiger partial charge is 0.364 e. The van der Waals surface area contributed by atoms with Gasteiger partial charge in [0, 0.05) is 13.1 Å². The second-order valence-electron chi connectivity index (χ2n) is 5.45. The fraction of sp³-hybridized carbons (Fsp3) is 0.769. The molecule has 3 heteroatoms. The van der Waals surface area contributed by atoms with Gasteiger partial charge < -0.3 is 4.90 Å². The summed E-state index contributed by atoms with van der Waals surface area (Å²) in [6.07, 6.45) is 0. The van der Waals surface area contributed by atoms with Crippen LogP contribution in [-0.2, 0) is 0 Å². The van der Waals surface area contributed by atoms with Crippen LogP contribution in [0.2, 0.25) is 19.6 Å². The topological polar surface area (TPSA) is 27.0 Å². The zero-order valence-electron chi connectivity index (χ0n) is 11.9. The van der Waals surface area contributed by atoms with E-state index in [1.165, 1.54) is 5.20 Å². The van der Waals surface area contributed by atoms with E-state index in [-0.39, 0.29) is 0 Å². The Labute approximate surface area is 102 Å². The average molecular weight is 238 g/mol. The van der Waals surface area contributed by atoms with Crippen molar-refractivity contribution in [2.24, 2.45) is 5.92 Å². The molecule has 0 aromatic rings. The molecule has 0 rings (SSSR count). The molecule has 0 aliphatic carbocycles. The molecule has 92 valence electrons. The van der Waals surface area contributed by atoms with Gasteiger partial charge in [-0.1, -0.05) is 33.5 Å². The maximum Gasteiger partial charge on any atom is 0.117 e. The van der Waals surface area contributed by atoms with Crippen LogP contribution < -0.4 is 0 Å². The highest BCUT2D eigenvalue weighted by Crippen LogP contribution is 2.27. The lowest BCUT2D eigenvalue weighted by Crippen LogP contribution is -2.34. The van der Waals surface area contributed by atoms with Gasteiger partial charge in [0.25, 0.3) is 0 Å². The summed E-state index contributed by atoms with van der Waals surface area (Å²) < 4.78 is 0. The molecule has 0 aromatic carbocycles. The van der Waals surface area contributed by atoms with Crippen LogP contribution in [0.25, 0.3) is 0 Å². The standard InChI is InChI=1S/C13H26N2Si/c1-8-15(9-2)12(10-14)13(11(3)4)16(5,6)7/h11H,8-9H2,1-7H3/b13-12+. The van der Waals surface area contributed by atoms with Crippen molar-refractivity contribution in [3.63, 3.8) is 0 Å². The summed E-state index contributed by atoms with van der Waals surface area (Å²) in [5.74, 6) is 0.474. The molecule has 0 heterocycles. The summed E-state index contributed by atoms with van der Waals surface area (Å²) >= 11 is 0. The zero-order chi connectivity index (χ0) is 12.9. The lowest BCUT2D eigenvalue weighted by atomic mass is 10.1. The first-order chi connectivity index (χ1) is 7.29. The van der Waals surface area contributed by atoms with Crippen molar-refractivity contribution in [1.29, 1.82) is 5.26 Å². The predicted octanol–water partition coefficient (Wildman–Crippen LogP) is 3.64. The highest BCUT2D eigenvalue weighted by molar-refractivity contribution is 6.83. The first-order valence-electron chi connectivity index (χ1n) is 6.19. The normalized spacial score (nSPS) is 13.4. The fourth-order valence-corrected chi connectivity index (χ4v) is 4.99. The predicted molar refractivity (Wildman–Crippen MR) is 73.7 cm³/mol. The molecule has 0 saturated carbocycles. The smallest absolute Gasteiger partial charge is 0.117 e. The highest BCUT2D eigenvalue weighted by atomic mass is 28.3. The first kappa shape index (κ1) is 15.2. The van der Waals surface area contributed by atoms with Gasteiger partial charge >= 0.3 is 0 Å². The molecule has 0 amide bonds. The van der Waals surface area contributed by atoms with E-state index in [2.05, 4.69) is 58.3 Å². The van der Waals surface area contributed by atoms with E-state index in [0.717, 1.165) is 18.8 Å². The molecular weight excluding hydrogens is 212 g/mol. The second kappa shape index (κ2) is 6.10. The van der Waals surface area contributed by atoms with E-state index < -0.39 is 8.07 Å². The van der Waals surface area contributed by atoms with Crippen LogP contribution in [-0.4, -0.2) is 26.1 Å². The fourth-order valence-electron chi connectivity index (χ4n) is 2.34. The number of hydrogen-bond donors (Lipinski definition) is 0. The Morgan fingerprint density at radius 2 is 1.62 bits per heavy atom. The molecule has 0 aliphatic rings. The minimum absolute atomic E-state index is 0.474. The van der Waals surface area contributed by atoms with Crippen molar-refractivity contribution in [2.75, 3.05) is 13.1 Å². The van der Waals surface area contributed by atoms with E-state index in [0.29, 0.717) is 5.92 Å². The van der Waals surface area contributed by atoms with E-state index >= 15 is 0 Å². The Hall–Kier alpha value is -0.753. The highest BCUT2D eigenvalue weighted by Gasteiger charge is 2.27. The lowest BCUT2D eigenvalue weighted by Gasteiger charge is -2.31. The number of nitriles is 1. The molecule has 0 aromatic heterocycles. The summed E-state index contributed by atoms with van der Waals surface area (Å²) in [5.41, 5.74) is 0.930. The third-order valence-electron chi connectivity index (χ3n) is 2.83. The number of rotatable bonds is 5. The monoisotopic (exact) mass is 238 g/mol. The van der Waals surface area contributed by atoms with Gasteiger partial charge in [-0.05, 0) is 25.0 Å². The van der Waals surface area contributed by atoms with Gasteiger partial charge in [-0.3, -0.25) is 0 Å². The van der Waals surface area contributed by atoms with Crippen molar-refractivity contribution in [3.05, 3.63) is 10.9 Å². The summed E-state index contributed by atoms with van der Waals surface area (Å²) in [6.45, 7) is 17.4. The minimum Gasteiger partial charge on any atom is -0.364 e. The molecule has 0 unspecified atom stereocenters. The van der Waals surface area contributed by atoms with Crippen LogP contribution in [0.3, 0.4) is 0 Å². The van der Waals surface area contributed by atoms with E-state index in [9.17, 15) is 5.26 Å². The van der Waals surface area contributed by atoms with Gasteiger partial charge in [-0.25, -0.2) is 0 Å². The molecular formula is C13H26N2Si. The van der Waals surface area contributed by atoms with E-state index in [1.54, 1.807) is 0 Å². The van der Waals surface area contributed by atoms with Crippen LogP contribution in [0.4, 0.5) is 0 Å². The Bertz CT molecular complexity index is 288. The van der Waals surface area contributed by atoms with Crippen LogP contribution in [0.1, 0.15) is 27.7 Å². The van der Waals surface area contributed by atoms with Gasteiger partial charge in [0.1, 0.15) is 11.8 Å². The average Bonchev–Trinajstić information content (AvgIpc) is 2.15. The Balaban J connectivity index is 5.62. The summed E-state index contributed by atoms with van der Waals surface area (Å²) in [7, 11) is -1.41. The third-order valence-corrected chi connectivity index (χ3v) is 5.26. The van der Waals surface area contributed by atoms with E-state index in [4.69, 9.17) is 0 Å². The minimum atomic E-state index is -1.41. The van der Waals surface area contributed by atoms with Gasteiger partial charge in [0.2, 0.25) is 0 Å². The molecule has 0 N–H and O–H groups in total. The maximum absolute atomic E-state index is 9.41.